The third-order valence-electron chi connectivity index (χ3n) is 5.19. The number of nitrogens with zero attached hydrogens (tertiary/aromatic N) is 1. The lowest BCUT2D eigenvalue weighted by atomic mass is 9.94. The molecule has 160 valence electrons. The first-order chi connectivity index (χ1) is 14.4. The predicted molar refractivity (Wildman–Crippen MR) is 110 cm³/mol. The SMILES string of the molecule is C[C@@]1(F)CCCN(C(=O)OCc2ccccc2)C[C@H]1NC(=O)OCc1ccccc1. The Morgan fingerprint density at radius 2 is 1.60 bits per heavy atom. The van der Waals surface area contributed by atoms with Gasteiger partial charge in [-0.05, 0) is 30.9 Å². The molecule has 1 fully saturated rings. The normalized spacial score (nSPS) is 21.4. The summed E-state index contributed by atoms with van der Waals surface area (Å²) in [5.41, 5.74) is 0.0399. The molecule has 3 rings (SSSR count). The molecule has 0 bridgehead atoms. The standard InChI is InChI=1S/C23H27FN2O4/c1-23(24)13-8-14-26(22(28)30-17-19-11-6-3-7-12-19)15-20(23)25-21(27)29-16-18-9-4-2-5-10-18/h2-7,9-12,20H,8,13-17H2,1H3,(H,25,27)/t20-,23-/m1/s1. The number of halogens is 1. The molecule has 1 saturated heterocycles. The van der Waals surface area contributed by atoms with Gasteiger partial charge in [0.25, 0.3) is 0 Å². The van der Waals surface area contributed by atoms with E-state index in [-0.39, 0.29) is 26.2 Å². The molecule has 1 aliphatic heterocycles. The van der Waals surface area contributed by atoms with Crippen LogP contribution in [-0.4, -0.2) is 41.9 Å². The van der Waals surface area contributed by atoms with Crippen LogP contribution in [0.15, 0.2) is 60.7 Å². The molecule has 0 aliphatic carbocycles. The zero-order chi connectivity index (χ0) is 21.4. The van der Waals surface area contributed by atoms with E-state index in [0.717, 1.165) is 11.1 Å². The smallest absolute Gasteiger partial charge is 0.410 e. The number of amides is 2. The third-order valence-corrected chi connectivity index (χ3v) is 5.19. The van der Waals surface area contributed by atoms with Gasteiger partial charge in [-0.15, -0.1) is 0 Å². The summed E-state index contributed by atoms with van der Waals surface area (Å²) in [4.78, 5) is 26.2. The Morgan fingerprint density at radius 3 is 2.20 bits per heavy atom. The minimum Gasteiger partial charge on any atom is -0.445 e. The second kappa shape index (κ2) is 10.1. The summed E-state index contributed by atoms with van der Waals surface area (Å²) in [5.74, 6) is 0. The van der Waals surface area contributed by atoms with Crippen molar-refractivity contribution in [1.29, 1.82) is 0 Å². The first kappa shape index (κ1) is 21.6. The zero-order valence-corrected chi connectivity index (χ0v) is 17.1. The first-order valence-corrected chi connectivity index (χ1v) is 10.1. The second-order valence-electron chi connectivity index (χ2n) is 7.63. The zero-order valence-electron chi connectivity index (χ0n) is 17.1. The van der Waals surface area contributed by atoms with Crippen LogP contribution in [0.4, 0.5) is 14.0 Å². The highest BCUT2D eigenvalue weighted by atomic mass is 19.1. The van der Waals surface area contributed by atoms with Crippen molar-refractivity contribution in [2.45, 2.75) is 44.7 Å². The molecule has 0 aromatic heterocycles. The van der Waals surface area contributed by atoms with Crippen LogP contribution in [-0.2, 0) is 22.7 Å². The van der Waals surface area contributed by atoms with Crippen LogP contribution in [0.5, 0.6) is 0 Å². The van der Waals surface area contributed by atoms with Gasteiger partial charge in [0.15, 0.2) is 0 Å². The van der Waals surface area contributed by atoms with E-state index < -0.39 is 23.9 Å². The minimum absolute atomic E-state index is 0.0149. The van der Waals surface area contributed by atoms with Crippen molar-refractivity contribution in [3.8, 4) is 0 Å². The van der Waals surface area contributed by atoms with E-state index >= 15 is 4.39 Å². The number of benzene rings is 2. The van der Waals surface area contributed by atoms with Gasteiger partial charge in [0, 0.05) is 13.1 Å². The highest BCUT2D eigenvalue weighted by molar-refractivity contribution is 5.69. The number of likely N-dealkylation sites (tertiary alicyclic amines) is 1. The predicted octanol–water partition coefficient (Wildman–Crippen LogP) is 4.44. The fraction of sp³-hybridized carbons (Fsp3) is 0.391. The maximum Gasteiger partial charge on any atom is 0.410 e. The van der Waals surface area contributed by atoms with Gasteiger partial charge < -0.3 is 19.7 Å². The van der Waals surface area contributed by atoms with Crippen molar-refractivity contribution in [2.24, 2.45) is 0 Å². The Bertz CT molecular complexity index is 830. The average Bonchev–Trinajstić information content (AvgIpc) is 2.90. The molecular weight excluding hydrogens is 387 g/mol. The van der Waals surface area contributed by atoms with Crippen LogP contribution in [0.2, 0.25) is 0 Å². The molecule has 2 aromatic carbocycles. The summed E-state index contributed by atoms with van der Waals surface area (Å²) in [5, 5.41) is 2.59. The van der Waals surface area contributed by atoms with Crippen molar-refractivity contribution in [3.05, 3.63) is 71.8 Å². The van der Waals surface area contributed by atoms with E-state index in [9.17, 15) is 9.59 Å². The molecule has 1 N–H and O–H groups in total. The number of hydrogen-bond acceptors (Lipinski definition) is 4. The topological polar surface area (TPSA) is 67.9 Å². The number of ether oxygens (including phenoxy) is 2. The molecule has 2 atom stereocenters. The highest BCUT2D eigenvalue weighted by Gasteiger charge is 2.40. The second-order valence-corrected chi connectivity index (χ2v) is 7.63. The summed E-state index contributed by atoms with van der Waals surface area (Å²) >= 11 is 0. The Kier molecular flexibility index (Phi) is 7.27. The number of carbonyl (C=O) groups excluding carboxylic acids is 2. The van der Waals surface area contributed by atoms with Gasteiger partial charge in [0.1, 0.15) is 18.9 Å². The first-order valence-electron chi connectivity index (χ1n) is 10.1. The van der Waals surface area contributed by atoms with Crippen LogP contribution in [0, 0.1) is 0 Å². The summed E-state index contributed by atoms with van der Waals surface area (Å²) in [7, 11) is 0. The lowest BCUT2D eigenvalue weighted by Crippen LogP contribution is -2.53. The number of alkyl halides is 1. The fourth-order valence-electron chi connectivity index (χ4n) is 3.37. The van der Waals surface area contributed by atoms with E-state index in [1.165, 1.54) is 11.8 Å². The summed E-state index contributed by atoms with van der Waals surface area (Å²) < 4.78 is 25.7. The van der Waals surface area contributed by atoms with Crippen molar-refractivity contribution in [2.75, 3.05) is 13.1 Å². The molecule has 7 heteroatoms. The average molecular weight is 414 g/mol. The van der Waals surface area contributed by atoms with E-state index in [1.54, 1.807) is 0 Å². The van der Waals surface area contributed by atoms with Gasteiger partial charge in [-0.1, -0.05) is 60.7 Å². The molecule has 2 aromatic rings. The summed E-state index contributed by atoms with van der Waals surface area (Å²) in [6.45, 7) is 2.05. The van der Waals surface area contributed by atoms with E-state index in [4.69, 9.17) is 9.47 Å². The van der Waals surface area contributed by atoms with Gasteiger partial charge in [0.2, 0.25) is 0 Å². The van der Waals surface area contributed by atoms with Gasteiger partial charge >= 0.3 is 12.2 Å². The van der Waals surface area contributed by atoms with Crippen molar-refractivity contribution in [3.63, 3.8) is 0 Å². The molecule has 1 aliphatic rings. The molecule has 6 nitrogen and oxygen atoms in total. The number of carbonyl (C=O) groups is 2. The summed E-state index contributed by atoms with van der Waals surface area (Å²) in [6, 6.07) is 17.7. The molecule has 0 saturated carbocycles. The fourth-order valence-corrected chi connectivity index (χ4v) is 3.37. The van der Waals surface area contributed by atoms with Crippen molar-refractivity contribution in [1.82, 2.24) is 10.2 Å². The van der Waals surface area contributed by atoms with Crippen LogP contribution < -0.4 is 5.32 Å². The molecule has 2 amide bonds. The van der Waals surface area contributed by atoms with Crippen molar-refractivity contribution < 1.29 is 23.5 Å². The quantitative estimate of drug-likeness (QED) is 0.785. The van der Waals surface area contributed by atoms with Crippen LogP contribution in [0.25, 0.3) is 0 Å². The largest absolute Gasteiger partial charge is 0.445 e. The van der Waals surface area contributed by atoms with Gasteiger partial charge in [-0.3, -0.25) is 0 Å². The Hall–Kier alpha value is -3.09. The van der Waals surface area contributed by atoms with E-state index in [2.05, 4.69) is 5.32 Å². The Morgan fingerprint density at radius 1 is 1.03 bits per heavy atom. The van der Waals surface area contributed by atoms with E-state index in [1.807, 2.05) is 60.7 Å². The highest BCUT2D eigenvalue weighted by Crippen LogP contribution is 2.27. The van der Waals surface area contributed by atoms with Gasteiger partial charge in [0.05, 0.1) is 6.04 Å². The number of hydrogen-bond donors (Lipinski definition) is 1. The molecular formula is C23H27FN2O4. The molecule has 0 spiro atoms. The van der Waals surface area contributed by atoms with Gasteiger partial charge in [-0.2, -0.15) is 0 Å². The van der Waals surface area contributed by atoms with Crippen LogP contribution >= 0.6 is 0 Å². The number of alkyl carbamates (subject to hydrolysis) is 1. The maximum absolute atomic E-state index is 15.2. The monoisotopic (exact) mass is 414 g/mol. The Balaban J connectivity index is 1.56. The number of nitrogens with one attached hydrogen (secondary N) is 1. The minimum atomic E-state index is -1.67. The lowest BCUT2D eigenvalue weighted by Gasteiger charge is -2.31. The van der Waals surface area contributed by atoms with Crippen LogP contribution in [0.3, 0.4) is 0 Å². The van der Waals surface area contributed by atoms with Crippen molar-refractivity contribution >= 4 is 12.2 Å². The van der Waals surface area contributed by atoms with E-state index in [0.29, 0.717) is 13.0 Å². The lowest BCUT2D eigenvalue weighted by molar-refractivity contribution is 0.0750. The molecule has 1 heterocycles. The molecule has 0 unspecified atom stereocenters. The van der Waals surface area contributed by atoms with Gasteiger partial charge in [-0.25, -0.2) is 14.0 Å². The molecule has 30 heavy (non-hydrogen) atoms. The summed E-state index contributed by atoms with van der Waals surface area (Å²) in [6.07, 6.45) is -0.544. The third kappa shape index (κ3) is 6.20. The Labute approximate surface area is 176 Å². The maximum atomic E-state index is 15.2. The molecule has 0 radical (unpaired) electrons. The van der Waals surface area contributed by atoms with Crippen LogP contribution in [0.1, 0.15) is 30.9 Å². The number of rotatable bonds is 5.